The summed E-state index contributed by atoms with van der Waals surface area (Å²) >= 11 is 0. The van der Waals surface area contributed by atoms with Gasteiger partial charge in [-0.1, -0.05) is 18.2 Å². The largest absolute Gasteiger partial charge is 0.394 e. The first-order valence-corrected chi connectivity index (χ1v) is 4.46. The molecule has 1 atom stereocenters. The Labute approximate surface area is 96.1 Å². The molecule has 0 heterocycles. The molecule has 5 heteroatoms. The van der Waals surface area contributed by atoms with Crippen LogP contribution < -0.4 is 10.6 Å². The number of hydrogen-bond acceptors (Lipinski definition) is 2. The second-order valence-corrected chi connectivity index (χ2v) is 3.05. The van der Waals surface area contributed by atoms with Crippen molar-refractivity contribution in [3.63, 3.8) is 0 Å². The van der Waals surface area contributed by atoms with E-state index in [-0.39, 0.29) is 32.2 Å². The molecule has 0 radical (unpaired) electrons. The van der Waals surface area contributed by atoms with Gasteiger partial charge in [0.15, 0.2) is 0 Å². The second kappa shape index (κ2) is 7.14. The first-order valence-electron chi connectivity index (χ1n) is 4.46. The number of urea groups is 1. The number of aliphatic hydroxyl groups excluding tert-OH is 1. The molecule has 0 aliphatic heterocycles. The highest BCUT2D eigenvalue weighted by Crippen LogP contribution is 2.04. The van der Waals surface area contributed by atoms with Crippen LogP contribution in [0.25, 0.3) is 0 Å². The second-order valence-electron chi connectivity index (χ2n) is 3.05. The van der Waals surface area contributed by atoms with Crippen LogP contribution in [-0.4, -0.2) is 23.8 Å². The van der Waals surface area contributed by atoms with Crippen LogP contribution in [0.2, 0.25) is 0 Å². The van der Waals surface area contributed by atoms with Gasteiger partial charge in [0.1, 0.15) is 0 Å². The molecule has 15 heavy (non-hydrogen) atoms. The molecule has 0 aromatic heterocycles. The van der Waals surface area contributed by atoms with Crippen LogP contribution in [0.15, 0.2) is 30.3 Å². The maximum Gasteiger partial charge on any atom is 0.319 e. The lowest BCUT2D eigenvalue weighted by molar-refractivity contribution is 0.229. The van der Waals surface area contributed by atoms with Gasteiger partial charge in [-0.15, -0.1) is 0 Å². The Balaban J connectivity index is 0.00000196. The number of rotatable bonds is 3. The van der Waals surface area contributed by atoms with Crippen LogP contribution in [-0.2, 0) is 0 Å². The van der Waals surface area contributed by atoms with Crippen molar-refractivity contribution in [2.24, 2.45) is 0 Å². The number of aliphatic hydroxyl groups is 1. The average molecular weight is 228 g/mol. The molecule has 0 spiro atoms. The standard InChI is InChI=1S/C10H14N2O2.H2S/c1-8(7-13)11-10(14)12-9-5-3-2-4-6-9;/h2-6,8,13H,7H2,1H3,(H2,11,12,14);1H2/t8-;/m0./s1. The normalized spacial score (nSPS) is 11.1. The van der Waals surface area contributed by atoms with Gasteiger partial charge in [0.25, 0.3) is 0 Å². The van der Waals surface area contributed by atoms with Gasteiger partial charge in [-0.25, -0.2) is 4.79 Å². The Kier molecular flexibility index (Phi) is 6.57. The van der Waals surface area contributed by atoms with Crippen LogP contribution in [0.3, 0.4) is 0 Å². The number of benzene rings is 1. The highest BCUT2D eigenvalue weighted by atomic mass is 32.1. The van der Waals surface area contributed by atoms with Crippen molar-refractivity contribution < 1.29 is 9.90 Å². The van der Waals surface area contributed by atoms with E-state index in [0.29, 0.717) is 0 Å². The first kappa shape index (κ1) is 13.8. The zero-order valence-electron chi connectivity index (χ0n) is 8.53. The van der Waals surface area contributed by atoms with Gasteiger partial charge >= 0.3 is 6.03 Å². The lowest BCUT2D eigenvalue weighted by atomic mass is 10.3. The molecule has 84 valence electrons. The molecule has 1 aromatic carbocycles. The van der Waals surface area contributed by atoms with Gasteiger partial charge in [0.2, 0.25) is 0 Å². The van der Waals surface area contributed by atoms with E-state index in [1.54, 1.807) is 19.1 Å². The molecule has 0 fully saturated rings. The van der Waals surface area contributed by atoms with Crippen LogP contribution in [0.5, 0.6) is 0 Å². The molecule has 0 saturated heterocycles. The Bertz CT molecular complexity index is 293. The van der Waals surface area contributed by atoms with Gasteiger partial charge in [0, 0.05) is 5.69 Å². The molecule has 0 unspecified atom stereocenters. The van der Waals surface area contributed by atoms with Crippen LogP contribution in [0.4, 0.5) is 10.5 Å². The molecule has 2 amide bonds. The Morgan fingerprint density at radius 2 is 2.00 bits per heavy atom. The minimum absolute atomic E-state index is 0. The number of para-hydroxylation sites is 1. The minimum Gasteiger partial charge on any atom is -0.394 e. The van der Waals surface area contributed by atoms with Crippen molar-refractivity contribution in [3.8, 4) is 0 Å². The van der Waals surface area contributed by atoms with Crippen LogP contribution in [0, 0.1) is 0 Å². The van der Waals surface area contributed by atoms with E-state index in [1.165, 1.54) is 0 Å². The fourth-order valence-electron chi connectivity index (χ4n) is 0.958. The predicted octanol–water partition coefficient (Wildman–Crippen LogP) is 1.30. The summed E-state index contributed by atoms with van der Waals surface area (Å²) in [7, 11) is 0. The summed E-state index contributed by atoms with van der Waals surface area (Å²) in [5.41, 5.74) is 0.732. The van der Waals surface area contributed by atoms with Crippen molar-refractivity contribution in [3.05, 3.63) is 30.3 Å². The summed E-state index contributed by atoms with van der Waals surface area (Å²) in [6.45, 7) is 1.66. The van der Waals surface area contributed by atoms with Gasteiger partial charge in [0.05, 0.1) is 12.6 Å². The van der Waals surface area contributed by atoms with Gasteiger partial charge in [-0.05, 0) is 19.1 Å². The number of amides is 2. The first-order chi connectivity index (χ1) is 6.72. The lowest BCUT2D eigenvalue weighted by Crippen LogP contribution is -2.38. The maximum atomic E-state index is 11.2. The van der Waals surface area contributed by atoms with Crippen LogP contribution in [0.1, 0.15) is 6.92 Å². The molecule has 1 aromatic rings. The van der Waals surface area contributed by atoms with Gasteiger partial charge in [-0.2, -0.15) is 13.5 Å². The van der Waals surface area contributed by atoms with E-state index < -0.39 is 0 Å². The van der Waals surface area contributed by atoms with Crippen LogP contribution >= 0.6 is 13.5 Å². The molecule has 0 aliphatic carbocycles. The topological polar surface area (TPSA) is 61.4 Å². The third-order valence-corrected chi connectivity index (χ3v) is 1.68. The highest BCUT2D eigenvalue weighted by Gasteiger charge is 2.04. The molecule has 0 aliphatic rings. The zero-order valence-corrected chi connectivity index (χ0v) is 9.53. The monoisotopic (exact) mass is 228 g/mol. The summed E-state index contributed by atoms with van der Waals surface area (Å²) in [4.78, 5) is 11.2. The number of carbonyl (C=O) groups excluding carboxylic acids is 1. The van der Waals surface area contributed by atoms with Crippen molar-refractivity contribution >= 4 is 25.2 Å². The van der Waals surface area contributed by atoms with E-state index in [1.807, 2.05) is 18.2 Å². The van der Waals surface area contributed by atoms with Crippen molar-refractivity contribution in [1.29, 1.82) is 0 Å². The summed E-state index contributed by atoms with van der Waals surface area (Å²) in [5, 5.41) is 13.9. The third kappa shape index (κ3) is 5.29. The average Bonchev–Trinajstić information content (AvgIpc) is 2.19. The molecule has 0 bridgehead atoms. The number of carbonyl (C=O) groups is 1. The highest BCUT2D eigenvalue weighted by molar-refractivity contribution is 7.59. The molecule has 0 saturated carbocycles. The Hall–Kier alpha value is -1.20. The zero-order chi connectivity index (χ0) is 10.4. The lowest BCUT2D eigenvalue weighted by Gasteiger charge is -2.11. The third-order valence-electron chi connectivity index (χ3n) is 1.68. The number of anilines is 1. The van der Waals surface area contributed by atoms with E-state index in [9.17, 15) is 4.79 Å². The summed E-state index contributed by atoms with van der Waals surface area (Å²) in [6.07, 6.45) is 0. The molecular formula is C10H16N2O2S. The minimum atomic E-state index is -0.308. The SMILES string of the molecule is C[C@@H](CO)NC(=O)Nc1ccccc1.S. The molecule has 3 N–H and O–H groups in total. The Morgan fingerprint density at radius 1 is 1.40 bits per heavy atom. The van der Waals surface area contributed by atoms with E-state index in [2.05, 4.69) is 10.6 Å². The maximum absolute atomic E-state index is 11.2. The molecule has 1 rings (SSSR count). The molecular weight excluding hydrogens is 212 g/mol. The van der Waals surface area contributed by atoms with Crippen molar-refractivity contribution in [2.75, 3.05) is 11.9 Å². The fourth-order valence-corrected chi connectivity index (χ4v) is 0.958. The van der Waals surface area contributed by atoms with Gasteiger partial charge in [-0.3, -0.25) is 0 Å². The van der Waals surface area contributed by atoms with E-state index in [0.717, 1.165) is 5.69 Å². The molecule has 4 nitrogen and oxygen atoms in total. The summed E-state index contributed by atoms with van der Waals surface area (Å²) in [6, 6.07) is 8.60. The van der Waals surface area contributed by atoms with E-state index >= 15 is 0 Å². The van der Waals surface area contributed by atoms with Gasteiger partial charge < -0.3 is 15.7 Å². The predicted molar refractivity (Wildman–Crippen MR) is 65.5 cm³/mol. The van der Waals surface area contributed by atoms with Crippen molar-refractivity contribution in [2.45, 2.75) is 13.0 Å². The number of hydrogen-bond donors (Lipinski definition) is 3. The fraction of sp³-hybridized carbons (Fsp3) is 0.300. The summed E-state index contributed by atoms with van der Waals surface area (Å²) < 4.78 is 0. The number of nitrogens with one attached hydrogen (secondary N) is 2. The quantitative estimate of drug-likeness (QED) is 0.730. The van der Waals surface area contributed by atoms with Crippen molar-refractivity contribution in [1.82, 2.24) is 5.32 Å². The smallest absolute Gasteiger partial charge is 0.319 e. The Morgan fingerprint density at radius 3 is 2.53 bits per heavy atom. The summed E-state index contributed by atoms with van der Waals surface area (Å²) in [5.74, 6) is 0. The van der Waals surface area contributed by atoms with E-state index in [4.69, 9.17) is 5.11 Å².